The number of nitrogens with zero attached hydrogens (tertiary/aromatic N) is 1. The molecule has 0 aromatic carbocycles. The molecule has 0 spiro atoms. The molecule has 1 N–H and O–H groups in total. The molecule has 0 aromatic rings. The second-order valence-electron chi connectivity index (χ2n) is 3.95. The Balaban J connectivity index is 4.55. The highest BCUT2D eigenvalue weighted by Gasteiger charge is 2.27. The molecule has 0 aliphatic carbocycles. The Morgan fingerprint density at radius 2 is 2.00 bits per heavy atom. The van der Waals surface area contributed by atoms with Crippen LogP contribution in [0.3, 0.4) is 0 Å². The van der Waals surface area contributed by atoms with E-state index in [1.165, 1.54) is 4.90 Å². The van der Waals surface area contributed by atoms with Gasteiger partial charge in [0.1, 0.15) is 0 Å². The largest absolute Gasteiger partial charge is 0.337 e. The molecule has 5 nitrogen and oxygen atoms in total. The lowest BCUT2D eigenvalue weighted by molar-refractivity contribution is -0.129. The first kappa shape index (κ1) is 14.1. The third-order valence-electron chi connectivity index (χ3n) is 2.39. The zero-order valence-corrected chi connectivity index (χ0v) is 10.0. The fraction of sp³-hybridized carbons (Fsp3) is 0.667. The molecule has 0 aromatic heterocycles. The monoisotopic (exact) mass is 235 g/mol. The van der Waals surface area contributed by atoms with E-state index in [4.69, 9.17) is 4.55 Å². The van der Waals surface area contributed by atoms with Gasteiger partial charge in [-0.2, -0.15) is 8.42 Å². The molecule has 0 heterocycles. The molecule has 6 heteroatoms. The van der Waals surface area contributed by atoms with Gasteiger partial charge in [0.05, 0.1) is 5.75 Å². The van der Waals surface area contributed by atoms with Crippen LogP contribution in [-0.2, 0) is 14.9 Å². The summed E-state index contributed by atoms with van der Waals surface area (Å²) in [7, 11) is -2.42. The molecule has 0 radical (unpaired) electrons. The number of hydrogen-bond acceptors (Lipinski definition) is 3. The summed E-state index contributed by atoms with van der Waals surface area (Å²) in [6.45, 7) is 6.79. The number of carbonyl (C=O) groups excluding carboxylic acids is 1. The molecule has 0 bridgehead atoms. The lowest BCUT2D eigenvalue weighted by Gasteiger charge is -2.34. The van der Waals surface area contributed by atoms with Crippen LogP contribution in [0, 0.1) is 0 Å². The van der Waals surface area contributed by atoms with Gasteiger partial charge in [-0.15, -0.1) is 0 Å². The van der Waals surface area contributed by atoms with Crippen molar-refractivity contribution in [2.45, 2.75) is 25.8 Å². The van der Waals surface area contributed by atoms with E-state index in [1.807, 2.05) is 0 Å². The van der Waals surface area contributed by atoms with Gasteiger partial charge in [0, 0.05) is 12.6 Å². The summed E-state index contributed by atoms with van der Waals surface area (Å²) in [6.07, 6.45) is 1.33. The smallest absolute Gasteiger partial charge is 0.264 e. The summed E-state index contributed by atoms with van der Waals surface area (Å²) >= 11 is 0. The average Bonchev–Trinajstić information content (AvgIpc) is 2.11. The van der Waals surface area contributed by atoms with Gasteiger partial charge >= 0.3 is 0 Å². The van der Waals surface area contributed by atoms with Crippen LogP contribution in [0.1, 0.15) is 20.3 Å². The molecule has 0 unspecified atom stereocenters. The minimum Gasteiger partial charge on any atom is -0.337 e. The van der Waals surface area contributed by atoms with Crippen molar-refractivity contribution < 1.29 is 17.8 Å². The number of rotatable bonds is 5. The van der Waals surface area contributed by atoms with Crippen LogP contribution in [0.4, 0.5) is 0 Å². The molecule has 0 saturated carbocycles. The van der Waals surface area contributed by atoms with Crippen LogP contribution in [-0.4, -0.2) is 42.1 Å². The summed E-state index contributed by atoms with van der Waals surface area (Å²) in [4.78, 5) is 12.7. The van der Waals surface area contributed by atoms with E-state index in [0.717, 1.165) is 6.08 Å². The van der Waals surface area contributed by atoms with Gasteiger partial charge in [-0.3, -0.25) is 9.35 Å². The lowest BCUT2D eigenvalue weighted by atomic mass is 10.00. The summed E-state index contributed by atoms with van der Waals surface area (Å²) in [5.74, 6) is -0.648. The molecular formula is C9H17NO4S. The highest BCUT2D eigenvalue weighted by molar-refractivity contribution is 7.85. The summed E-state index contributed by atoms with van der Waals surface area (Å²) in [5, 5.41) is 0. The molecule has 15 heavy (non-hydrogen) atoms. The molecule has 1 amide bonds. The van der Waals surface area contributed by atoms with Crippen LogP contribution in [0.15, 0.2) is 12.7 Å². The highest BCUT2D eigenvalue weighted by Crippen LogP contribution is 2.18. The van der Waals surface area contributed by atoms with Crippen LogP contribution >= 0.6 is 0 Å². The number of carbonyl (C=O) groups is 1. The van der Waals surface area contributed by atoms with E-state index in [9.17, 15) is 13.2 Å². The minimum absolute atomic E-state index is 0.169. The maximum absolute atomic E-state index is 11.3. The maximum atomic E-state index is 11.3. The van der Waals surface area contributed by atoms with E-state index in [0.29, 0.717) is 0 Å². The van der Waals surface area contributed by atoms with Crippen LogP contribution in [0.25, 0.3) is 0 Å². The zero-order valence-electron chi connectivity index (χ0n) is 9.23. The van der Waals surface area contributed by atoms with Gasteiger partial charge < -0.3 is 4.90 Å². The standard InChI is InChI=1S/C9H17NO4S/c1-5-8(11)10(4)9(2,3)6-7-15(12,13)14/h5H,1,6-7H2,2-4H3,(H,12,13,14). The first-order valence-corrected chi connectivity index (χ1v) is 6.06. The van der Waals surface area contributed by atoms with Gasteiger partial charge in [-0.05, 0) is 26.3 Å². The molecule has 0 atom stereocenters. The molecule has 0 saturated heterocycles. The van der Waals surface area contributed by atoms with E-state index in [-0.39, 0.29) is 18.1 Å². The van der Waals surface area contributed by atoms with Crippen molar-refractivity contribution in [3.8, 4) is 0 Å². The Morgan fingerprint density at radius 3 is 2.33 bits per heavy atom. The topological polar surface area (TPSA) is 74.7 Å². The van der Waals surface area contributed by atoms with Crippen molar-refractivity contribution in [2.75, 3.05) is 12.8 Å². The highest BCUT2D eigenvalue weighted by atomic mass is 32.2. The Morgan fingerprint density at radius 1 is 1.53 bits per heavy atom. The van der Waals surface area contributed by atoms with E-state index < -0.39 is 15.7 Å². The van der Waals surface area contributed by atoms with E-state index in [1.54, 1.807) is 20.9 Å². The predicted octanol–water partition coefficient (Wildman–Crippen LogP) is 0.687. The molecule has 0 fully saturated rings. The SMILES string of the molecule is C=CC(=O)N(C)C(C)(C)CCS(=O)(=O)O. The van der Waals surface area contributed by atoms with Crippen molar-refractivity contribution in [1.29, 1.82) is 0 Å². The van der Waals surface area contributed by atoms with Crippen LogP contribution in [0.5, 0.6) is 0 Å². The minimum atomic E-state index is -3.99. The van der Waals surface area contributed by atoms with Crippen molar-refractivity contribution in [1.82, 2.24) is 4.90 Å². The first-order chi connectivity index (χ1) is 6.60. The summed E-state index contributed by atoms with van der Waals surface area (Å²) in [6, 6.07) is 0. The van der Waals surface area contributed by atoms with Gasteiger partial charge in [0.15, 0.2) is 0 Å². The number of likely N-dealkylation sites (N-methyl/N-ethyl adjacent to an activating group) is 1. The molecule has 0 aliphatic heterocycles. The predicted molar refractivity (Wildman–Crippen MR) is 58.1 cm³/mol. The lowest BCUT2D eigenvalue weighted by Crippen LogP contribution is -2.45. The Hall–Kier alpha value is -0.880. The zero-order chi connectivity index (χ0) is 12.3. The summed E-state index contributed by atoms with van der Waals surface area (Å²) in [5.41, 5.74) is -0.638. The van der Waals surface area contributed by atoms with E-state index in [2.05, 4.69) is 6.58 Å². The van der Waals surface area contributed by atoms with Crippen molar-refractivity contribution in [3.63, 3.8) is 0 Å². The fourth-order valence-corrected chi connectivity index (χ4v) is 1.74. The van der Waals surface area contributed by atoms with E-state index >= 15 is 0 Å². The van der Waals surface area contributed by atoms with Crippen molar-refractivity contribution in [3.05, 3.63) is 12.7 Å². The summed E-state index contributed by atoms with van der Waals surface area (Å²) < 4.78 is 29.8. The Kier molecular flexibility index (Phi) is 4.48. The maximum Gasteiger partial charge on any atom is 0.264 e. The second-order valence-corrected chi connectivity index (χ2v) is 5.52. The second kappa shape index (κ2) is 4.76. The molecule has 0 aliphatic rings. The fourth-order valence-electron chi connectivity index (χ4n) is 0.982. The normalized spacial score (nSPS) is 12.3. The van der Waals surface area contributed by atoms with Gasteiger partial charge in [0.25, 0.3) is 10.1 Å². The number of hydrogen-bond donors (Lipinski definition) is 1. The Bertz CT molecular complexity index is 345. The van der Waals surface area contributed by atoms with Crippen molar-refractivity contribution >= 4 is 16.0 Å². The van der Waals surface area contributed by atoms with Gasteiger partial charge in [-0.1, -0.05) is 6.58 Å². The Labute approximate surface area is 90.5 Å². The van der Waals surface area contributed by atoms with Crippen LogP contribution < -0.4 is 0 Å². The molecule has 88 valence electrons. The van der Waals surface area contributed by atoms with Gasteiger partial charge in [0.2, 0.25) is 5.91 Å². The average molecular weight is 235 g/mol. The third kappa shape index (κ3) is 4.94. The van der Waals surface area contributed by atoms with Crippen molar-refractivity contribution in [2.24, 2.45) is 0 Å². The van der Waals surface area contributed by atoms with Gasteiger partial charge in [-0.25, -0.2) is 0 Å². The number of amides is 1. The first-order valence-electron chi connectivity index (χ1n) is 4.45. The molecule has 0 rings (SSSR count). The quantitative estimate of drug-likeness (QED) is 0.562. The molecular weight excluding hydrogens is 218 g/mol. The van der Waals surface area contributed by atoms with Crippen LogP contribution in [0.2, 0.25) is 0 Å². The third-order valence-corrected chi connectivity index (χ3v) is 3.11.